The molecule has 1 aliphatic rings. The van der Waals surface area contributed by atoms with Crippen molar-refractivity contribution >= 4 is 11.6 Å². The van der Waals surface area contributed by atoms with Crippen LogP contribution < -0.4 is 5.32 Å². The summed E-state index contributed by atoms with van der Waals surface area (Å²) in [6, 6.07) is 5.76. The Labute approximate surface area is 94.7 Å². The third-order valence-electron chi connectivity index (χ3n) is 2.87. The predicted molar refractivity (Wildman–Crippen MR) is 61.4 cm³/mol. The highest BCUT2D eigenvalue weighted by atomic mass is 35.5. The first-order valence-corrected chi connectivity index (χ1v) is 5.45. The van der Waals surface area contributed by atoms with Crippen LogP contribution >= 0.6 is 11.6 Å². The lowest BCUT2D eigenvalue weighted by atomic mass is 10.0. The van der Waals surface area contributed by atoms with Gasteiger partial charge in [-0.25, -0.2) is 0 Å². The second-order valence-electron chi connectivity index (χ2n) is 3.91. The van der Waals surface area contributed by atoms with Gasteiger partial charge in [-0.1, -0.05) is 17.7 Å². The van der Waals surface area contributed by atoms with E-state index in [9.17, 15) is 5.11 Å². The van der Waals surface area contributed by atoms with Crippen LogP contribution in [0.1, 0.15) is 11.6 Å². The fourth-order valence-corrected chi connectivity index (χ4v) is 2.10. The predicted octanol–water partition coefficient (Wildman–Crippen LogP) is 1.62. The average Bonchev–Trinajstić information content (AvgIpc) is 2.23. The maximum absolute atomic E-state index is 9.35. The molecule has 2 rings (SSSR count). The Balaban J connectivity index is 2.24. The third kappa shape index (κ3) is 2.25. The second-order valence-corrected chi connectivity index (χ2v) is 4.32. The molecule has 0 spiro atoms. The quantitative estimate of drug-likeness (QED) is 0.764. The molecule has 0 saturated carbocycles. The minimum absolute atomic E-state index is 0.145. The lowest BCUT2D eigenvalue weighted by Gasteiger charge is -2.33. The molecule has 1 saturated heterocycles. The van der Waals surface area contributed by atoms with E-state index >= 15 is 0 Å². The molecule has 1 unspecified atom stereocenters. The Morgan fingerprint density at radius 1 is 1.53 bits per heavy atom. The third-order valence-corrected chi connectivity index (χ3v) is 3.17. The minimum Gasteiger partial charge on any atom is -0.506 e. The van der Waals surface area contributed by atoms with Gasteiger partial charge < -0.3 is 10.4 Å². The van der Waals surface area contributed by atoms with E-state index < -0.39 is 0 Å². The van der Waals surface area contributed by atoms with Crippen molar-refractivity contribution in [1.82, 2.24) is 10.2 Å². The molecular weight excluding hydrogens is 212 g/mol. The number of halogens is 1. The van der Waals surface area contributed by atoms with Crippen LogP contribution in [-0.4, -0.2) is 36.7 Å². The molecule has 0 aliphatic carbocycles. The number of hydrogen-bond donors (Lipinski definition) is 2. The molecule has 1 aliphatic heterocycles. The lowest BCUT2D eigenvalue weighted by molar-refractivity contribution is 0.202. The van der Waals surface area contributed by atoms with Gasteiger partial charge in [0.2, 0.25) is 0 Å². The maximum atomic E-state index is 9.35. The smallest absolute Gasteiger partial charge is 0.134 e. The van der Waals surface area contributed by atoms with Crippen molar-refractivity contribution in [3.05, 3.63) is 28.8 Å². The topological polar surface area (TPSA) is 35.5 Å². The summed E-state index contributed by atoms with van der Waals surface area (Å²) in [6.45, 7) is 2.99. The molecule has 0 aromatic heterocycles. The van der Waals surface area contributed by atoms with Gasteiger partial charge in [-0.15, -0.1) is 0 Å². The molecule has 0 amide bonds. The van der Waals surface area contributed by atoms with Crippen molar-refractivity contribution in [3.8, 4) is 5.75 Å². The van der Waals surface area contributed by atoms with Crippen molar-refractivity contribution in [1.29, 1.82) is 0 Å². The molecule has 1 aromatic rings. The van der Waals surface area contributed by atoms with Gasteiger partial charge in [0.25, 0.3) is 0 Å². The van der Waals surface area contributed by atoms with Crippen molar-refractivity contribution in [2.75, 3.05) is 26.7 Å². The second kappa shape index (κ2) is 4.39. The first-order valence-electron chi connectivity index (χ1n) is 5.08. The number of phenols is 1. The molecule has 82 valence electrons. The number of rotatable bonds is 1. The number of benzene rings is 1. The highest BCUT2D eigenvalue weighted by Crippen LogP contribution is 2.28. The molecule has 3 nitrogen and oxygen atoms in total. The zero-order chi connectivity index (χ0) is 10.8. The number of hydrogen-bond acceptors (Lipinski definition) is 3. The van der Waals surface area contributed by atoms with Gasteiger partial charge in [0.05, 0.1) is 5.02 Å². The van der Waals surface area contributed by atoms with E-state index in [4.69, 9.17) is 11.6 Å². The molecule has 15 heavy (non-hydrogen) atoms. The molecule has 4 heteroatoms. The van der Waals surface area contributed by atoms with Crippen LogP contribution in [0.15, 0.2) is 18.2 Å². The van der Waals surface area contributed by atoms with Crippen LogP contribution in [0.3, 0.4) is 0 Å². The van der Waals surface area contributed by atoms with Gasteiger partial charge in [0.1, 0.15) is 5.75 Å². The van der Waals surface area contributed by atoms with Crippen molar-refractivity contribution in [3.63, 3.8) is 0 Å². The summed E-state index contributed by atoms with van der Waals surface area (Å²) in [4.78, 5) is 2.29. The summed E-state index contributed by atoms with van der Waals surface area (Å²) >= 11 is 5.89. The van der Waals surface area contributed by atoms with Gasteiger partial charge in [-0.05, 0) is 24.7 Å². The van der Waals surface area contributed by atoms with Gasteiger partial charge in [-0.2, -0.15) is 0 Å². The molecule has 1 atom stereocenters. The molecular formula is C11H15ClN2O. The number of piperazine rings is 1. The summed E-state index contributed by atoms with van der Waals surface area (Å²) < 4.78 is 0. The standard InChI is InChI=1S/C11H15ClN2O/c1-14-5-4-13-7-10(14)8-2-3-11(15)9(12)6-8/h2-3,6,10,13,15H,4-5,7H2,1H3. The zero-order valence-corrected chi connectivity index (χ0v) is 9.46. The summed E-state index contributed by atoms with van der Waals surface area (Å²) in [5, 5.41) is 13.1. The number of nitrogens with one attached hydrogen (secondary N) is 1. The monoisotopic (exact) mass is 226 g/mol. The first-order chi connectivity index (χ1) is 7.18. The SMILES string of the molecule is CN1CCNCC1c1ccc(O)c(Cl)c1. The van der Waals surface area contributed by atoms with Gasteiger partial charge in [0.15, 0.2) is 0 Å². The van der Waals surface area contributed by atoms with Gasteiger partial charge in [0, 0.05) is 25.7 Å². The number of phenolic OH excluding ortho intramolecular Hbond substituents is 1. The summed E-state index contributed by atoms with van der Waals surface area (Å²) in [5.74, 6) is 0.145. The molecule has 2 N–H and O–H groups in total. The van der Waals surface area contributed by atoms with Crippen LogP contribution in [0.5, 0.6) is 5.75 Å². The summed E-state index contributed by atoms with van der Waals surface area (Å²) in [5.41, 5.74) is 1.15. The highest BCUT2D eigenvalue weighted by molar-refractivity contribution is 6.32. The van der Waals surface area contributed by atoms with E-state index in [1.165, 1.54) is 0 Å². The van der Waals surface area contributed by atoms with Crippen LogP contribution in [0.25, 0.3) is 0 Å². The Morgan fingerprint density at radius 3 is 3.00 bits per heavy atom. The number of nitrogens with zero attached hydrogens (tertiary/aromatic N) is 1. The van der Waals surface area contributed by atoms with Crippen molar-refractivity contribution in [2.24, 2.45) is 0 Å². The van der Waals surface area contributed by atoms with E-state index in [2.05, 4.69) is 17.3 Å². The summed E-state index contributed by atoms with van der Waals surface area (Å²) in [6.07, 6.45) is 0. The molecule has 0 radical (unpaired) electrons. The van der Waals surface area contributed by atoms with E-state index in [0.717, 1.165) is 25.2 Å². The van der Waals surface area contributed by atoms with E-state index in [0.29, 0.717) is 11.1 Å². The largest absolute Gasteiger partial charge is 0.506 e. The number of likely N-dealkylation sites (N-methyl/N-ethyl adjacent to an activating group) is 1. The fourth-order valence-electron chi connectivity index (χ4n) is 1.91. The molecule has 1 fully saturated rings. The van der Waals surface area contributed by atoms with Crippen LogP contribution in [0, 0.1) is 0 Å². The highest BCUT2D eigenvalue weighted by Gasteiger charge is 2.20. The van der Waals surface area contributed by atoms with E-state index in [-0.39, 0.29) is 5.75 Å². The summed E-state index contributed by atoms with van der Waals surface area (Å²) in [7, 11) is 2.10. The minimum atomic E-state index is 0.145. The molecule has 1 aromatic carbocycles. The van der Waals surface area contributed by atoms with Gasteiger partial charge >= 0.3 is 0 Å². The molecule has 0 bridgehead atoms. The van der Waals surface area contributed by atoms with Crippen LogP contribution in [-0.2, 0) is 0 Å². The van der Waals surface area contributed by atoms with E-state index in [1.807, 2.05) is 12.1 Å². The number of aromatic hydroxyl groups is 1. The van der Waals surface area contributed by atoms with Crippen molar-refractivity contribution < 1.29 is 5.11 Å². The van der Waals surface area contributed by atoms with Crippen LogP contribution in [0.4, 0.5) is 0 Å². The first kappa shape index (κ1) is 10.7. The Kier molecular flexibility index (Phi) is 3.14. The maximum Gasteiger partial charge on any atom is 0.134 e. The Morgan fingerprint density at radius 2 is 2.33 bits per heavy atom. The zero-order valence-electron chi connectivity index (χ0n) is 8.70. The van der Waals surface area contributed by atoms with E-state index in [1.54, 1.807) is 6.07 Å². The van der Waals surface area contributed by atoms with Gasteiger partial charge in [-0.3, -0.25) is 4.90 Å². The lowest BCUT2D eigenvalue weighted by Crippen LogP contribution is -2.43. The molecule has 1 heterocycles. The Bertz CT molecular complexity index is 356. The Hall–Kier alpha value is -0.770. The van der Waals surface area contributed by atoms with Crippen molar-refractivity contribution in [2.45, 2.75) is 6.04 Å². The average molecular weight is 227 g/mol. The normalized spacial score (nSPS) is 22.9. The van der Waals surface area contributed by atoms with Crippen LogP contribution in [0.2, 0.25) is 5.02 Å². The fraction of sp³-hybridized carbons (Fsp3) is 0.455.